The van der Waals surface area contributed by atoms with Crippen LogP contribution in [0.5, 0.6) is 0 Å². The second-order valence-electron chi connectivity index (χ2n) is 3.50. The van der Waals surface area contributed by atoms with Crippen LogP contribution in [0.4, 0.5) is 0 Å². The van der Waals surface area contributed by atoms with Crippen LogP contribution in [0.15, 0.2) is 0 Å². The molecule has 0 N–H and O–H groups in total. The molecule has 1 rings (SSSR count). The highest BCUT2D eigenvalue weighted by Crippen LogP contribution is 2.31. The van der Waals surface area contributed by atoms with Crippen molar-refractivity contribution in [2.24, 2.45) is 5.92 Å². The maximum Gasteiger partial charge on any atom is 0.00920 e. The van der Waals surface area contributed by atoms with Gasteiger partial charge < -0.3 is 4.90 Å². The number of nitrogens with zero attached hydrogens (tertiary/aromatic N) is 1. The Morgan fingerprint density at radius 2 is 2.10 bits per heavy atom. The molecule has 1 saturated carbocycles. The van der Waals surface area contributed by atoms with E-state index in [4.69, 9.17) is 0 Å². The number of hydrogen-bond donors (Lipinski definition) is 0. The molecule has 1 nitrogen and oxygen atoms in total. The Balaban J connectivity index is 2.24. The summed E-state index contributed by atoms with van der Waals surface area (Å²) in [6.07, 6.45) is 4.39. The van der Waals surface area contributed by atoms with Crippen molar-refractivity contribution in [3.63, 3.8) is 0 Å². The summed E-state index contributed by atoms with van der Waals surface area (Å²) < 4.78 is 0. The van der Waals surface area contributed by atoms with Crippen molar-refractivity contribution in [3.05, 3.63) is 0 Å². The van der Waals surface area contributed by atoms with Gasteiger partial charge in [0.1, 0.15) is 0 Å². The van der Waals surface area contributed by atoms with E-state index in [1.54, 1.807) is 0 Å². The summed E-state index contributed by atoms with van der Waals surface area (Å²) in [7, 11) is 2.23. The first kappa shape index (κ1) is 8.06. The van der Waals surface area contributed by atoms with Crippen LogP contribution in [0.3, 0.4) is 0 Å². The molecule has 0 aliphatic heterocycles. The van der Waals surface area contributed by atoms with Crippen LogP contribution in [0.2, 0.25) is 0 Å². The lowest BCUT2D eigenvalue weighted by Gasteiger charge is -2.36. The molecule has 60 valence electrons. The van der Waals surface area contributed by atoms with Crippen LogP contribution in [-0.4, -0.2) is 24.5 Å². The molecule has 0 spiro atoms. The van der Waals surface area contributed by atoms with Crippen molar-refractivity contribution in [1.82, 2.24) is 4.90 Å². The molecule has 0 radical (unpaired) electrons. The van der Waals surface area contributed by atoms with Crippen molar-refractivity contribution < 1.29 is 0 Å². The fourth-order valence-corrected chi connectivity index (χ4v) is 1.57. The number of rotatable bonds is 3. The fraction of sp³-hybridized carbons (Fsp3) is 1.00. The molecule has 1 atom stereocenters. The molecular weight excluding hydrogens is 122 g/mol. The monoisotopic (exact) mass is 141 g/mol. The van der Waals surface area contributed by atoms with Gasteiger partial charge in [-0.05, 0) is 39.3 Å². The van der Waals surface area contributed by atoms with Crippen molar-refractivity contribution in [1.29, 1.82) is 0 Å². The van der Waals surface area contributed by atoms with Gasteiger partial charge in [0.05, 0.1) is 0 Å². The van der Waals surface area contributed by atoms with Crippen molar-refractivity contribution >= 4 is 0 Å². The normalized spacial score (nSPS) is 22.8. The van der Waals surface area contributed by atoms with E-state index in [2.05, 4.69) is 25.8 Å². The third-order valence-corrected chi connectivity index (χ3v) is 3.03. The van der Waals surface area contributed by atoms with E-state index >= 15 is 0 Å². The molecule has 1 heteroatoms. The topological polar surface area (TPSA) is 3.24 Å². The first-order valence-corrected chi connectivity index (χ1v) is 4.46. The molecule has 1 aliphatic rings. The van der Waals surface area contributed by atoms with E-state index in [-0.39, 0.29) is 0 Å². The molecule has 0 aromatic carbocycles. The minimum absolute atomic E-state index is 0.818. The molecule has 0 aromatic rings. The third-order valence-electron chi connectivity index (χ3n) is 3.03. The Kier molecular flexibility index (Phi) is 2.72. The lowest BCUT2D eigenvalue weighted by atomic mass is 9.80. The van der Waals surface area contributed by atoms with E-state index < -0.39 is 0 Å². The molecule has 0 amide bonds. The van der Waals surface area contributed by atoms with Gasteiger partial charge in [-0.15, -0.1) is 0 Å². The minimum Gasteiger partial charge on any atom is -0.304 e. The van der Waals surface area contributed by atoms with Crippen molar-refractivity contribution in [2.45, 2.75) is 39.2 Å². The maximum atomic E-state index is 2.45. The fourth-order valence-electron chi connectivity index (χ4n) is 1.57. The molecule has 1 aliphatic carbocycles. The highest BCUT2D eigenvalue weighted by molar-refractivity contribution is 4.79. The Labute approximate surface area is 64.4 Å². The van der Waals surface area contributed by atoms with Gasteiger partial charge in [-0.25, -0.2) is 0 Å². The highest BCUT2D eigenvalue weighted by atomic mass is 15.1. The second-order valence-corrected chi connectivity index (χ2v) is 3.50. The van der Waals surface area contributed by atoms with Crippen LogP contribution < -0.4 is 0 Å². The Morgan fingerprint density at radius 1 is 1.50 bits per heavy atom. The quantitative estimate of drug-likeness (QED) is 0.582. The number of hydrogen-bond acceptors (Lipinski definition) is 1. The van der Waals surface area contributed by atoms with Gasteiger partial charge in [0, 0.05) is 6.04 Å². The predicted octanol–water partition coefficient (Wildman–Crippen LogP) is 2.13. The first-order chi connectivity index (χ1) is 4.75. The molecular formula is C9H19N. The summed E-state index contributed by atoms with van der Waals surface area (Å²) >= 11 is 0. The van der Waals surface area contributed by atoms with Crippen LogP contribution >= 0.6 is 0 Å². The van der Waals surface area contributed by atoms with Crippen LogP contribution in [0.25, 0.3) is 0 Å². The van der Waals surface area contributed by atoms with Crippen LogP contribution in [0.1, 0.15) is 33.1 Å². The van der Waals surface area contributed by atoms with E-state index in [0.717, 1.165) is 12.0 Å². The zero-order valence-corrected chi connectivity index (χ0v) is 7.43. The van der Waals surface area contributed by atoms with E-state index in [1.165, 1.54) is 25.8 Å². The molecule has 1 unspecified atom stereocenters. The van der Waals surface area contributed by atoms with Gasteiger partial charge in [-0.3, -0.25) is 0 Å². The lowest BCUT2D eigenvalue weighted by molar-refractivity contribution is 0.137. The van der Waals surface area contributed by atoms with Crippen LogP contribution in [-0.2, 0) is 0 Å². The van der Waals surface area contributed by atoms with Crippen LogP contribution in [0, 0.1) is 5.92 Å². The molecule has 1 fully saturated rings. The first-order valence-electron chi connectivity index (χ1n) is 4.46. The zero-order chi connectivity index (χ0) is 7.56. The molecule has 0 bridgehead atoms. The summed E-state index contributed by atoms with van der Waals surface area (Å²) in [5, 5.41) is 0. The Bertz CT molecular complexity index is 92.1. The Morgan fingerprint density at radius 3 is 2.40 bits per heavy atom. The van der Waals surface area contributed by atoms with Gasteiger partial charge in [-0.1, -0.05) is 13.3 Å². The third kappa shape index (κ3) is 1.51. The highest BCUT2D eigenvalue weighted by Gasteiger charge is 2.25. The standard InChI is InChI=1S/C9H19N/c1-4-10(3)8(2)9-6-5-7-9/h8-9H,4-7H2,1-3H3. The average molecular weight is 141 g/mol. The van der Waals surface area contributed by atoms with Gasteiger partial charge in [0.2, 0.25) is 0 Å². The molecule has 0 saturated heterocycles. The van der Waals surface area contributed by atoms with E-state index in [0.29, 0.717) is 0 Å². The Hall–Kier alpha value is -0.0400. The average Bonchev–Trinajstić information content (AvgIpc) is 1.82. The maximum absolute atomic E-state index is 2.45. The smallest absolute Gasteiger partial charge is 0.00920 e. The summed E-state index contributed by atoms with van der Waals surface area (Å²) in [6.45, 7) is 5.78. The van der Waals surface area contributed by atoms with E-state index in [1.807, 2.05) is 0 Å². The van der Waals surface area contributed by atoms with Gasteiger partial charge >= 0.3 is 0 Å². The molecule has 0 aromatic heterocycles. The SMILES string of the molecule is CCN(C)C(C)C1CCC1. The minimum atomic E-state index is 0.818. The lowest BCUT2D eigenvalue weighted by Crippen LogP contribution is -2.38. The van der Waals surface area contributed by atoms with Gasteiger partial charge in [0.25, 0.3) is 0 Å². The van der Waals surface area contributed by atoms with Gasteiger partial charge in [0.15, 0.2) is 0 Å². The summed E-state index contributed by atoms with van der Waals surface area (Å²) in [5.74, 6) is 1.00. The molecule has 10 heavy (non-hydrogen) atoms. The second kappa shape index (κ2) is 3.38. The van der Waals surface area contributed by atoms with Crippen molar-refractivity contribution in [2.75, 3.05) is 13.6 Å². The summed E-state index contributed by atoms with van der Waals surface area (Å²) in [6, 6.07) is 0.818. The summed E-state index contributed by atoms with van der Waals surface area (Å²) in [4.78, 5) is 2.45. The van der Waals surface area contributed by atoms with Gasteiger partial charge in [-0.2, -0.15) is 0 Å². The largest absolute Gasteiger partial charge is 0.304 e. The van der Waals surface area contributed by atoms with Crippen molar-refractivity contribution in [3.8, 4) is 0 Å². The van der Waals surface area contributed by atoms with E-state index in [9.17, 15) is 0 Å². The summed E-state index contributed by atoms with van der Waals surface area (Å²) in [5.41, 5.74) is 0. The zero-order valence-electron chi connectivity index (χ0n) is 7.43. The predicted molar refractivity (Wildman–Crippen MR) is 45.1 cm³/mol. The molecule has 0 heterocycles.